The molecule has 40 heavy (non-hydrogen) atoms. The van der Waals surface area contributed by atoms with Crippen LogP contribution in [-0.2, 0) is 22.7 Å². The van der Waals surface area contributed by atoms with E-state index in [0.717, 1.165) is 22.6 Å². The Morgan fingerprint density at radius 1 is 1.02 bits per heavy atom. The fourth-order valence-electron chi connectivity index (χ4n) is 4.32. The number of benzene rings is 2. The van der Waals surface area contributed by atoms with Crippen molar-refractivity contribution >= 4 is 36.6 Å². The van der Waals surface area contributed by atoms with Gasteiger partial charge in [-0.2, -0.15) is 0 Å². The lowest BCUT2D eigenvalue weighted by Crippen LogP contribution is -2.22. The highest BCUT2D eigenvalue weighted by Crippen LogP contribution is 2.33. The van der Waals surface area contributed by atoms with E-state index in [1.807, 2.05) is 41.1 Å². The summed E-state index contributed by atoms with van der Waals surface area (Å²) in [6.45, 7) is 9.10. The number of fused-ring (bicyclic) bond motifs is 1. The number of hydrogen-bond donors (Lipinski definition) is 0. The second-order valence-electron chi connectivity index (χ2n) is 11.1. The Kier molecular flexibility index (Phi) is 9.35. The van der Waals surface area contributed by atoms with Gasteiger partial charge in [0.1, 0.15) is 24.0 Å². The van der Waals surface area contributed by atoms with Crippen LogP contribution in [0.4, 0.5) is 0 Å². The zero-order valence-corrected chi connectivity index (χ0v) is 26.1. The first-order chi connectivity index (χ1) is 19.0. The van der Waals surface area contributed by atoms with Crippen LogP contribution in [0.1, 0.15) is 10.4 Å². The predicted molar refractivity (Wildman–Crippen MR) is 162 cm³/mol. The molecule has 0 saturated heterocycles. The van der Waals surface area contributed by atoms with Crippen molar-refractivity contribution in [3.63, 3.8) is 0 Å². The van der Waals surface area contributed by atoms with Gasteiger partial charge in [-0.1, -0.05) is 31.2 Å². The third-order valence-corrected chi connectivity index (χ3v) is 8.58. The number of aromatic nitrogens is 4. The lowest BCUT2D eigenvalue weighted by atomic mass is 10.2. The fourth-order valence-corrected chi connectivity index (χ4v) is 5.27. The van der Waals surface area contributed by atoms with Crippen LogP contribution >= 0.6 is 11.6 Å². The van der Waals surface area contributed by atoms with E-state index in [9.17, 15) is 4.79 Å². The molecule has 0 bridgehead atoms. The number of ether oxygens (including phenoxy) is 3. The van der Waals surface area contributed by atoms with Gasteiger partial charge in [0.2, 0.25) is 0 Å². The zero-order valence-electron chi connectivity index (χ0n) is 24.3. The molecule has 0 aliphatic heterocycles. The van der Waals surface area contributed by atoms with E-state index in [0.29, 0.717) is 60.2 Å². The van der Waals surface area contributed by atoms with Crippen molar-refractivity contribution in [3.05, 3.63) is 53.2 Å². The second kappa shape index (κ2) is 12.6. The summed E-state index contributed by atoms with van der Waals surface area (Å²) in [5, 5.41) is 0.528. The molecule has 0 N–H and O–H groups in total. The molecule has 0 saturated carbocycles. The van der Waals surface area contributed by atoms with Gasteiger partial charge in [-0.15, -0.1) is 0 Å². The largest absolute Gasteiger partial charge is 0.495 e. The van der Waals surface area contributed by atoms with Crippen LogP contribution in [0.3, 0.4) is 0 Å². The summed E-state index contributed by atoms with van der Waals surface area (Å²) in [7, 11) is 5.51. The highest BCUT2D eigenvalue weighted by molar-refractivity contribution is 6.76. The van der Waals surface area contributed by atoms with Gasteiger partial charge in [-0.05, 0) is 42.4 Å². The summed E-state index contributed by atoms with van der Waals surface area (Å²) in [6, 6.07) is 12.3. The first-order valence-corrected chi connectivity index (χ1v) is 17.3. The van der Waals surface area contributed by atoms with Gasteiger partial charge in [0.15, 0.2) is 5.82 Å². The Morgan fingerprint density at radius 2 is 1.80 bits per heavy atom. The molecule has 0 fully saturated rings. The number of imidazole rings is 2. The summed E-state index contributed by atoms with van der Waals surface area (Å²) in [6.07, 6.45) is 1.96. The standard InChI is InChI=1S/C29H38ClN5O4Si/c1-33(2)29(36)21-9-11-25-23(16-21)31-28(35(25)12-13-37-3)24-18-34(19-39-14-15-40(5,6)7)27(32-24)20-8-10-22(30)26(17-20)38-4/h8-11,16-18H,12-15,19H2,1-7H3. The Labute approximate surface area is 241 Å². The van der Waals surface area contributed by atoms with Gasteiger partial charge in [0, 0.05) is 59.8 Å². The topological polar surface area (TPSA) is 83.6 Å². The molecular formula is C29H38ClN5O4Si. The maximum absolute atomic E-state index is 12.6. The number of amides is 1. The zero-order chi connectivity index (χ0) is 29.0. The summed E-state index contributed by atoms with van der Waals surface area (Å²) in [4.78, 5) is 24.1. The maximum Gasteiger partial charge on any atom is 0.253 e. The van der Waals surface area contributed by atoms with Crippen molar-refractivity contribution < 1.29 is 19.0 Å². The summed E-state index contributed by atoms with van der Waals surface area (Å²) < 4.78 is 21.0. The average molecular weight is 584 g/mol. The fraction of sp³-hybridized carbons (Fsp3) is 0.414. The van der Waals surface area contributed by atoms with E-state index in [1.165, 1.54) is 0 Å². The molecule has 4 aromatic rings. The van der Waals surface area contributed by atoms with Gasteiger partial charge in [-0.3, -0.25) is 4.79 Å². The minimum absolute atomic E-state index is 0.0754. The first-order valence-electron chi connectivity index (χ1n) is 13.2. The Morgan fingerprint density at radius 3 is 2.48 bits per heavy atom. The minimum Gasteiger partial charge on any atom is -0.495 e. The molecule has 1 amide bonds. The van der Waals surface area contributed by atoms with Crippen LogP contribution in [0.2, 0.25) is 30.7 Å². The van der Waals surface area contributed by atoms with E-state index >= 15 is 0 Å². The summed E-state index contributed by atoms with van der Waals surface area (Å²) in [5.41, 5.74) is 3.73. The molecule has 2 heterocycles. The molecule has 0 radical (unpaired) electrons. The third kappa shape index (κ3) is 6.75. The predicted octanol–water partition coefficient (Wildman–Crippen LogP) is 5.89. The average Bonchev–Trinajstić information content (AvgIpc) is 3.50. The van der Waals surface area contributed by atoms with Gasteiger partial charge < -0.3 is 28.2 Å². The molecule has 0 unspecified atom stereocenters. The molecule has 11 heteroatoms. The quantitative estimate of drug-likeness (QED) is 0.153. The second-order valence-corrected chi connectivity index (χ2v) is 17.1. The van der Waals surface area contributed by atoms with Crippen molar-refractivity contribution in [1.82, 2.24) is 24.0 Å². The SMILES string of the molecule is COCCn1c(-c2cn(COCC[Si](C)(C)C)c(-c3ccc(Cl)c(OC)c3)n2)nc2cc(C(=O)N(C)C)ccc21. The third-order valence-electron chi connectivity index (χ3n) is 6.56. The van der Waals surface area contributed by atoms with Crippen molar-refractivity contribution in [3.8, 4) is 28.7 Å². The van der Waals surface area contributed by atoms with Gasteiger partial charge in [-0.25, -0.2) is 9.97 Å². The highest BCUT2D eigenvalue weighted by atomic mass is 35.5. The normalized spacial score (nSPS) is 11.8. The van der Waals surface area contributed by atoms with Crippen LogP contribution in [0.5, 0.6) is 5.75 Å². The monoisotopic (exact) mass is 583 g/mol. The number of methoxy groups -OCH3 is 2. The molecule has 9 nitrogen and oxygen atoms in total. The van der Waals surface area contributed by atoms with Gasteiger partial charge >= 0.3 is 0 Å². The Hall–Kier alpha value is -3.18. The van der Waals surface area contributed by atoms with Crippen molar-refractivity contribution in [2.45, 2.75) is 39.0 Å². The Bertz CT molecular complexity index is 1490. The molecule has 0 spiro atoms. The first kappa shape index (κ1) is 29.8. The summed E-state index contributed by atoms with van der Waals surface area (Å²) in [5.74, 6) is 1.89. The van der Waals surface area contributed by atoms with E-state index < -0.39 is 8.07 Å². The highest BCUT2D eigenvalue weighted by Gasteiger charge is 2.21. The number of nitrogens with zero attached hydrogens (tertiary/aromatic N) is 5. The number of carbonyl (C=O) groups is 1. The van der Waals surface area contributed by atoms with Crippen molar-refractivity contribution in [2.75, 3.05) is 41.5 Å². The van der Waals surface area contributed by atoms with E-state index in [1.54, 1.807) is 39.3 Å². The summed E-state index contributed by atoms with van der Waals surface area (Å²) >= 11 is 6.31. The molecule has 214 valence electrons. The van der Waals surface area contributed by atoms with Crippen LogP contribution in [0, 0.1) is 0 Å². The van der Waals surface area contributed by atoms with Gasteiger partial charge in [0.25, 0.3) is 5.91 Å². The van der Waals surface area contributed by atoms with E-state index in [-0.39, 0.29) is 5.91 Å². The van der Waals surface area contributed by atoms with Crippen LogP contribution in [0.25, 0.3) is 33.9 Å². The van der Waals surface area contributed by atoms with Crippen LogP contribution in [0.15, 0.2) is 42.6 Å². The molecular weight excluding hydrogens is 546 g/mol. The van der Waals surface area contributed by atoms with E-state index in [4.69, 9.17) is 35.8 Å². The molecule has 0 aliphatic carbocycles. The molecule has 0 atom stereocenters. The molecule has 2 aromatic carbocycles. The number of halogens is 1. The van der Waals surface area contributed by atoms with Crippen LogP contribution in [-0.4, -0.2) is 79.5 Å². The van der Waals surface area contributed by atoms with Crippen LogP contribution < -0.4 is 4.74 Å². The molecule has 2 aromatic heterocycles. The lowest BCUT2D eigenvalue weighted by Gasteiger charge is -2.16. The van der Waals surface area contributed by atoms with E-state index in [2.05, 4.69) is 24.2 Å². The van der Waals surface area contributed by atoms with Crippen molar-refractivity contribution in [2.24, 2.45) is 0 Å². The lowest BCUT2D eigenvalue weighted by molar-refractivity contribution is 0.0827. The van der Waals surface area contributed by atoms with Gasteiger partial charge in [0.05, 0.1) is 29.8 Å². The number of rotatable bonds is 12. The Balaban J connectivity index is 1.81. The van der Waals surface area contributed by atoms with Crippen molar-refractivity contribution in [1.29, 1.82) is 0 Å². The minimum atomic E-state index is -1.23. The molecule has 4 rings (SSSR count). The number of hydrogen-bond acceptors (Lipinski definition) is 6. The smallest absolute Gasteiger partial charge is 0.253 e. The maximum atomic E-state index is 12.6. The molecule has 0 aliphatic rings. The number of carbonyl (C=O) groups excluding carboxylic acids is 1.